The van der Waals surface area contributed by atoms with Crippen LogP contribution in [-0.2, 0) is 25.7 Å². The minimum absolute atomic E-state index is 0.0141. The molecule has 0 aliphatic heterocycles. The third-order valence-electron chi connectivity index (χ3n) is 4.49. The zero-order chi connectivity index (χ0) is 21.3. The molecule has 0 aliphatic rings. The Morgan fingerprint density at radius 3 is 2.21 bits per heavy atom. The summed E-state index contributed by atoms with van der Waals surface area (Å²) < 4.78 is 5.00. The molecule has 0 saturated heterocycles. The molecule has 28 heavy (non-hydrogen) atoms. The van der Waals surface area contributed by atoms with Gasteiger partial charge in [0.2, 0.25) is 5.91 Å². The molecule has 1 aromatic rings. The van der Waals surface area contributed by atoms with E-state index in [9.17, 15) is 14.4 Å². The summed E-state index contributed by atoms with van der Waals surface area (Å²) in [5.41, 5.74) is 5.26. The largest absolute Gasteiger partial charge is 0.466 e. The number of ether oxygens (including phenoxy) is 1. The lowest BCUT2D eigenvalue weighted by atomic mass is 9.77. The second-order valence-electron chi connectivity index (χ2n) is 7.41. The van der Waals surface area contributed by atoms with Gasteiger partial charge in [-0.2, -0.15) is 0 Å². The molecular formula is C22H32N2O4. The molecular weight excluding hydrogens is 356 g/mol. The normalized spacial score (nSPS) is 14.0. The molecule has 0 radical (unpaired) electrons. The highest BCUT2D eigenvalue weighted by Gasteiger charge is 2.48. The minimum atomic E-state index is -1.62. The fourth-order valence-corrected chi connectivity index (χ4v) is 3.11. The Morgan fingerprint density at radius 2 is 1.75 bits per heavy atom. The molecule has 0 aromatic heterocycles. The lowest BCUT2D eigenvalue weighted by Gasteiger charge is -2.35. The number of hydrogen-bond acceptors (Lipinski definition) is 5. The van der Waals surface area contributed by atoms with Crippen molar-refractivity contribution in [3.05, 3.63) is 47.5 Å². The topological polar surface area (TPSA) is 98.5 Å². The quantitative estimate of drug-likeness (QED) is 0.345. The van der Waals surface area contributed by atoms with E-state index in [0.29, 0.717) is 6.54 Å². The van der Waals surface area contributed by atoms with Crippen molar-refractivity contribution in [2.45, 2.75) is 53.1 Å². The molecule has 0 saturated carbocycles. The molecule has 0 aliphatic carbocycles. The van der Waals surface area contributed by atoms with E-state index < -0.39 is 29.1 Å². The number of amides is 1. The van der Waals surface area contributed by atoms with Crippen LogP contribution in [0.1, 0.15) is 46.6 Å². The summed E-state index contributed by atoms with van der Waals surface area (Å²) >= 11 is 0. The van der Waals surface area contributed by atoms with E-state index in [2.05, 4.69) is 5.32 Å². The van der Waals surface area contributed by atoms with Crippen molar-refractivity contribution in [1.82, 2.24) is 5.32 Å². The maximum atomic E-state index is 13.5. The highest BCUT2D eigenvalue weighted by Crippen LogP contribution is 2.26. The van der Waals surface area contributed by atoms with Crippen LogP contribution in [0.3, 0.4) is 0 Å². The third-order valence-corrected chi connectivity index (χ3v) is 4.49. The number of carbonyl (C=O) groups excluding carboxylic acids is 3. The molecule has 6 nitrogen and oxygen atoms in total. The van der Waals surface area contributed by atoms with Gasteiger partial charge in [-0.05, 0) is 24.3 Å². The van der Waals surface area contributed by atoms with E-state index in [-0.39, 0.29) is 24.5 Å². The average molecular weight is 389 g/mol. The number of Topliss-reactive ketones (excluding diaryl/α,β-unsaturated/α-hetero) is 1. The van der Waals surface area contributed by atoms with Crippen LogP contribution >= 0.6 is 0 Å². The summed E-state index contributed by atoms with van der Waals surface area (Å²) in [7, 11) is 0. The van der Waals surface area contributed by atoms with Crippen LogP contribution in [0, 0.1) is 11.8 Å². The summed E-state index contributed by atoms with van der Waals surface area (Å²) in [6.07, 6.45) is 1.50. The number of nitrogens with two attached hydrogens (primary N) is 1. The number of hydrogen-bond donors (Lipinski definition) is 2. The minimum Gasteiger partial charge on any atom is -0.466 e. The molecule has 0 bridgehead atoms. The van der Waals surface area contributed by atoms with Crippen molar-refractivity contribution in [3.8, 4) is 0 Å². The van der Waals surface area contributed by atoms with Crippen LogP contribution in [0.5, 0.6) is 0 Å². The molecule has 154 valence electrons. The summed E-state index contributed by atoms with van der Waals surface area (Å²) in [4.78, 5) is 38.1. The van der Waals surface area contributed by atoms with Crippen LogP contribution in [0.25, 0.3) is 0 Å². The van der Waals surface area contributed by atoms with Crippen molar-refractivity contribution < 1.29 is 19.1 Å². The Morgan fingerprint density at radius 1 is 1.14 bits per heavy atom. The first kappa shape index (κ1) is 23.6. The maximum absolute atomic E-state index is 13.5. The van der Waals surface area contributed by atoms with Gasteiger partial charge in [-0.3, -0.25) is 19.7 Å². The lowest BCUT2D eigenvalue weighted by molar-refractivity contribution is -0.144. The van der Waals surface area contributed by atoms with E-state index in [1.807, 2.05) is 44.2 Å². The highest BCUT2D eigenvalue weighted by molar-refractivity contribution is 6.18. The third kappa shape index (κ3) is 6.02. The second kappa shape index (κ2) is 10.8. The average Bonchev–Trinajstić information content (AvgIpc) is 2.61. The molecule has 0 spiro atoms. The maximum Gasteiger partial charge on any atom is 0.310 e. The lowest BCUT2D eigenvalue weighted by Crippen LogP contribution is -2.64. The predicted molar refractivity (Wildman–Crippen MR) is 109 cm³/mol. The van der Waals surface area contributed by atoms with E-state index in [0.717, 1.165) is 5.56 Å². The van der Waals surface area contributed by atoms with Gasteiger partial charge in [0.05, 0.1) is 13.0 Å². The standard InChI is InChI=1S/C22H32N2O4/c1-6-28-19(25)13-18(12-15(2)3)20(26)22(16(4)5,21(23)27)24-14-17-10-8-7-9-11-17/h7-12,15-16,24H,6,13-14H2,1-5H3,(H2,23,27)/t22-/m1/s1. The number of benzene rings is 1. The monoisotopic (exact) mass is 388 g/mol. The summed E-state index contributed by atoms with van der Waals surface area (Å²) in [5.74, 6) is -2.15. The Kier molecular flexibility index (Phi) is 9.06. The number of carbonyl (C=O) groups is 3. The molecule has 1 atom stereocenters. The van der Waals surface area contributed by atoms with E-state index >= 15 is 0 Å². The fraction of sp³-hybridized carbons (Fsp3) is 0.500. The molecule has 0 heterocycles. The predicted octanol–water partition coefficient (Wildman–Crippen LogP) is 2.76. The Hall–Kier alpha value is -2.47. The van der Waals surface area contributed by atoms with Gasteiger partial charge < -0.3 is 10.5 Å². The van der Waals surface area contributed by atoms with Crippen molar-refractivity contribution in [2.75, 3.05) is 6.61 Å². The zero-order valence-corrected chi connectivity index (χ0v) is 17.5. The van der Waals surface area contributed by atoms with Crippen molar-refractivity contribution in [1.29, 1.82) is 0 Å². The van der Waals surface area contributed by atoms with E-state index in [1.54, 1.807) is 26.8 Å². The number of rotatable bonds is 11. The SMILES string of the molecule is CCOC(=O)CC(=CC(C)C)C(=O)[C@@](NCc1ccccc1)(C(N)=O)C(C)C. The summed E-state index contributed by atoms with van der Waals surface area (Å²) in [6.45, 7) is 9.54. The first-order valence-corrected chi connectivity index (χ1v) is 9.65. The van der Waals surface area contributed by atoms with Crippen LogP contribution in [0.15, 0.2) is 42.0 Å². The molecule has 1 rings (SSSR count). The number of nitrogens with one attached hydrogen (secondary N) is 1. The second-order valence-corrected chi connectivity index (χ2v) is 7.41. The first-order valence-electron chi connectivity index (χ1n) is 9.65. The summed E-state index contributed by atoms with van der Waals surface area (Å²) in [5, 5.41) is 3.09. The number of esters is 1. The van der Waals surface area contributed by atoms with Gasteiger partial charge in [-0.25, -0.2) is 0 Å². The van der Waals surface area contributed by atoms with Crippen molar-refractivity contribution in [2.24, 2.45) is 17.6 Å². The number of allylic oxidation sites excluding steroid dienone is 1. The van der Waals surface area contributed by atoms with Gasteiger partial charge >= 0.3 is 5.97 Å². The molecule has 0 fully saturated rings. The Labute approximate surface area is 167 Å². The van der Waals surface area contributed by atoms with Crippen LogP contribution < -0.4 is 11.1 Å². The van der Waals surface area contributed by atoms with Gasteiger partial charge in [0, 0.05) is 12.1 Å². The highest BCUT2D eigenvalue weighted by atomic mass is 16.5. The molecule has 0 unspecified atom stereocenters. The van der Waals surface area contributed by atoms with Gasteiger partial charge in [0.1, 0.15) is 0 Å². The Bertz CT molecular complexity index is 711. The molecule has 1 aromatic carbocycles. The molecule has 6 heteroatoms. The van der Waals surface area contributed by atoms with Crippen LogP contribution in [0.2, 0.25) is 0 Å². The van der Waals surface area contributed by atoms with Gasteiger partial charge in [0.15, 0.2) is 11.3 Å². The zero-order valence-electron chi connectivity index (χ0n) is 17.5. The Balaban J connectivity index is 3.30. The van der Waals surface area contributed by atoms with Crippen molar-refractivity contribution >= 4 is 17.7 Å². The smallest absolute Gasteiger partial charge is 0.310 e. The van der Waals surface area contributed by atoms with Crippen molar-refractivity contribution in [3.63, 3.8) is 0 Å². The molecule has 3 N–H and O–H groups in total. The number of primary amides is 1. The summed E-state index contributed by atoms with van der Waals surface area (Å²) in [6, 6.07) is 9.44. The van der Waals surface area contributed by atoms with Gasteiger partial charge in [-0.15, -0.1) is 0 Å². The molecule has 1 amide bonds. The van der Waals surface area contributed by atoms with E-state index in [1.165, 1.54) is 0 Å². The van der Waals surface area contributed by atoms with Crippen LogP contribution in [-0.4, -0.2) is 29.8 Å². The van der Waals surface area contributed by atoms with Gasteiger partial charge in [0.25, 0.3) is 0 Å². The number of ketones is 1. The van der Waals surface area contributed by atoms with Gasteiger partial charge in [-0.1, -0.05) is 64.1 Å². The first-order chi connectivity index (χ1) is 13.1. The van der Waals surface area contributed by atoms with E-state index in [4.69, 9.17) is 10.5 Å². The van der Waals surface area contributed by atoms with Crippen LogP contribution in [0.4, 0.5) is 0 Å². The fourth-order valence-electron chi connectivity index (χ4n) is 3.11.